The standard InChI is InChI=1S/C12H24N2O2/c1-10(2)9-16-5-3-4-14-8-11(7-13)6-12(14)15/h10-11H,3-9,13H2,1-2H3. The van der Waals surface area contributed by atoms with Gasteiger partial charge in [-0.1, -0.05) is 13.8 Å². The molecule has 1 heterocycles. The lowest BCUT2D eigenvalue weighted by molar-refractivity contribution is -0.127. The van der Waals surface area contributed by atoms with Crippen LogP contribution in [0.15, 0.2) is 0 Å². The van der Waals surface area contributed by atoms with Crippen LogP contribution in [-0.4, -0.2) is 43.7 Å². The fourth-order valence-electron chi connectivity index (χ4n) is 1.90. The Bertz CT molecular complexity index is 219. The fourth-order valence-corrected chi connectivity index (χ4v) is 1.90. The summed E-state index contributed by atoms with van der Waals surface area (Å²) in [7, 11) is 0. The number of carbonyl (C=O) groups is 1. The van der Waals surface area contributed by atoms with Gasteiger partial charge in [0, 0.05) is 32.7 Å². The van der Waals surface area contributed by atoms with Gasteiger partial charge in [-0.3, -0.25) is 4.79 Å². The summed E-state index contributed by atoms with van der Waals surface area (Å²) in [4.78, 5) is 13.5. The largest absolute Gasteiger partial charge is 0.381 e. The molecule has 1 atom stereocenters. The second kappa shape index (κ2) is 6.86. The second-order valence-electron chi connectivity index (χ2n) is 4.97. The van der Waals surface area contributed by atoms with Crippen molar-refractivity contribution >= 4 is 5.91 Å². The highest BCUT2D eigenvalue weighted by molar-refractivity contribution is 5.78. The maximum Gasteiger partial charge on any atom is 0.222 e. The Morgan fingerprint density at radius 3 is 2.88 bits per heavy atom. The maximum atomic E-state index is 11.5. The molecular weight excluding hydrogens is 204 g/mol. The summed E-state index contributed by atoms with van der Waals surface area (Å²) < 4.78 is 5.48. The minimum absolute atomic E-state index is 0.249. The fraction of sp³-hybridized carbons (Fsp3) is 0.917. The third-order valence-corrected chi connectivity index (χ3v) is 2.80. The molecule has 0 aromatic rings. The topological polar surface area (TPSA) is 55.6 Å². The van der Waals surface area contributed by atoms with Gasteiger partial charge < -0.3 is 15.4 Å². The van der Waals surface area contributed by atoms with E-state index in [1.807, 2.05) is 4.90 Å². The minimum Gasteiger partial charge on any atom is -0.381 e. The Morgan fingerprint density at radius 2 is 2.31 bits per heavy atom. The van der Waals surface area contributed by atoms with E-state index < -0.39 is 0 Å². The lowest BCUT2D eigenvalue weighted by Gasteiger charge is -2.16. The Kier molecular flexibility index (Phi) is 5.77. The number of nitrogens with zero attached hydrogens (tertiary/aromatic N) is 1. The van der Waals surface area contributed by atoms with Gasteiger partial charge in [0.1, 0.15) is 0 Å². The van der Waals surface area contributed by atoms with Crippen LogP contribution < -0.4 is 5.73 Å². The molecule has 4 heteroatoms. The highest BCUT2D eigenvalue weighted by atomic mass is 16.5. The van der Waals surface area contributed by atoms with E-state index in [-0.39, 0.29) is 5.91 Å². The minimum atomic E-state index is 0.249. The summed E-state index contributed by atoms with van der Waals surface area (Å²) in [5, 5.41) is 0. The van der Waals surface area contributed by atoms with Gasteiger partial charge >= 0.3 is 0 Å². The zero-order chi connectivity index (χ0) is 12.0. The van der Waals surface area contributed by atoms with Crippen molar-refractivity contribution in [3.05, 3.63) is 0 Å². The van der Waals surface area contributed by atoms with Crippen LogP contribution in [0.5, 0.6) is 0 Å². The molecule has 0 aromatic heterocycles. The number of likely N-dealkylation sites (tertiary alicyclic amines) is 1. The van der Waals surface area contributed by atoms with E-state index in [0.717, 1.165) is 32.7 Å². The predicted octanol–water partition coefficient (Wildman–Crippen LogP) is 0.856. The molecular formula is C12H24N2O2. The van der Waals surface area contributed by atoms with E-state index in [2.05, 4.69) is 13.8 Å². The first kappa shape index (κ1) is 13.5. The van der Waals surface area contributed by atoms with Crippen molar-refractivity contribution in [2.45, 2.75) is 26.7 Å². The molecule has 1 saturated heterocycles. The maximum absolute atomic E-state index is 11.5. The molecule has 1 amide bonds. The Hall–Kier alpha value is -0.610. The van der Waals surface area contributed by atoms with Crippen molar-refractivity contribution in [2.75, 3.05) is 32.8 Å². The number of carbonyl (C=O) groups excluding carboxylic acids is 1. The zero-order valence-corrected chi connectivity index (χ0v) is 10.4. The van der Waals surface area contributed by atoms with Gasteiger partial charge in [0.05, 0.1) is 0 Å². The number of hydrogen-bond donors (Lipinski definition) is 1. The van der Waals surface area contributed by atoms with Crippen molar-refractivity contribution in [1.82, 2.24) is 4.90 Å². The van der Waals surface area contributed by atoms with E-state index in [9.17, 15) is 4.79 Å². The molecule has 1 unspecified atom stereocenters. The summed E-state index contributed by atoms with van der Waals surface area (Å²) >= 11 is 0. The molecule has 1 fully saturated rings. The third kappa shape index (κ3) is 4.49. The first-order valence-corrected chi connectivity index (χ1v) is 6.19. The van der Waals surface area contributed by atoms with E-state index in [1.54, 1.807) is 0 Å². The van der Waals surface area contributed by atoms with Gasteiger partial charge in [-0.2, -0.15) is 0 Å². The molecule has 2 N–H and O–H groups in total. The molecule has 1 rings (SSSR count). The van der Waals surface area contributed by atoms with E-state index in [0.29, 0.717) is 24.8 Å². The first-order valence-electron chi connectivity index (χ1n) is 6.19. The highest BCUT2D eigenvalue weighted by Gasteiger charge is 2.27. The van der Waals surface area contributed by atoms with Crippen LogP contribution in [0, 0.1) is 11.8 Å². The molecule has 94 valence electrons. The molecule has 0 saturated carbocycles. The van der Waals surface area contributed by atoms with Crippen molar-refractivity contribution in [3.8, 4) is 0 Å². The van der Waals surface area contributed by atoms with Crippen LogP contribution in [0.25, 0.3) is 0 Å². The smallest absolute Gasteiger partial charge is 0.222 e. The monoisotopic (exact) mass is 228 g/mol. The third-order valence-electron chi connectivity index (χ3n) is 2.80. The van der Waals surface area contributed by atoms with Crippen molar-refractivity contribution in [2.24, 2.45) is 17.6 Å². The summed E-state index contributed by atoms with van der Waals surface area (Å²) in [6.45, 7) is 8.08. The lowest BCUT2D eigenvalue weighted by Crippen LogP contribution is -2.28. The molecule has 1 aliphatic rings. The summed E-state index contributed by atoms with van der Waals surface area (Å²) in [5.74, 6) is 1.19. The SMILES string of the molecule is CC(C)COCCCN1CC(CN)CC1=O. The summed E-state index contributed by atoms with van der Waals surface area (Å²) in [6.07, 6.45) is 1.55. The van der Waals surface area contributed by atoms with Crippen molar-refractivity contribution < 1.29 is 9.53 Å². The van der Waals surface area contributed by atoms with E-state index >= 15 is 0 Å². The number of nitrogens with two attached hydrogens (primary N) is 1. The molecule has 0 bridgehead atoms. The molecule has 0 aliphatic carbocycles. The van der Waals surface area contributed by atoms with Gasteiger partial charge in [0.2, 0.25) is 5.91 Å². The van der Waals surface area contributed by atoms with Gasteiger partial charge in [-0.25, -0.2) is 0 Å². The van der Waals surface area contributed by atoms with Crippen LogP contribution >= 0.6 is 0 Å². The Morgan fingerprint density at radius 1 is 1.56 bits per heavy atom. The second-order valence-corrected chi connectivity index (χ2v) is 4.97. The van der Waals surface area contributed by atoms with Gasteiger partial charge in [0.25, 0.3) is 0 Å². The number of rotatable bonds is 7. The molecule has 1 aliphatic heterocycles. The molecule has 0 radical (unpaired) electrons. The molecule has 16 heavy (non-hydrogen) atoms. The van der Waals surface area contributed by atoms with Crippen molar-refractivity contribution in [3.63, 3.8) is 0 Å². The Labute approximate surface area is 98.1 Å². The predicted molar refractivity (Wildman–Crippen MR) is 64.0 cm³/mol. The molecule has 0 aromatic carbocycles. The van der Waals surface area contributed by atoms with E-state index in [1.165, 1.54) is 0 Å². The van der Waals surface area contributed by atoms with Crippen LogP contribution in [0.2, 0.25) is 0 Å². The molecule has 4 nitrogen and oxygen atoms in total. The number of hydrogen-bond acceptors (Lipinski definition) is 3. The van der Waals surface area contributed by atoms with Crippen LogP contribution in [0.4, 0.5) is 0 Å². The average molecular weight is 228 g/mol. The van der Waals surface area contributed by atoms with Crippen LogP contribution in [0.3, 0.4) is 0 Å². The Balaban J connectivity index is 2.07. The first-order chi connectivity index (χ1) is 7.63. The highest BCUT2D eigenvalue weighted by Crippen LogP contribution is 2.16. The average Bonchev–Trinajstić information content (AvgIpc) is 2.59. The zero-order valence-electron chi connectivity index (χ0n) is 10.4. The number of amides is 1. The normalized spacial score (nSPS) is 21.1. The van der Waals surface area contributed by atoms with Crippen LogP contribution in [-0.2, 0) is 9.53 Å². The quantitative estimate of drug-likeness (QED) is 0.657. The summed E-state index contributed by atoms with van der Waals surface area (Å²) in [5.41, 5.74) is 5.56. The molecule has 0 spiro atoms. The van der Waals surface area contributed by atoms with Crippen molar-refractivity contribution in [1.29, 1.82) is 0 Å². The van der Waals surface area contributed by atoms with Gasteiger partial charge in [-0.05, 0) is 24.8 Å². The number of ether oxygens (including phenoxy) is 1. The summed E-state index contributed by atoms with van der Waals surface area (Å²) in [6, 6.07) is 0. The lowest BCUT2D eigenvalue weighted by atomic mass is 10.1. The van der Waals surface area contributed by atoms with Gasteiger partial charge in [-0.15, -0.1) is 0 Å². The van der Waals surface area contributed by atoms with E-state index in [4.69, 9.17) is 10.5 Å². The van der Waals surface area contributed by atoms with Crippen LogP contribution in [0.1, 0.15) is 26.7 Å². The van der Waals surface area contributed by atoms with Gasteiger partial charge in [0.15, 0.2) is 0 Å².